The van der Waals surface area contributed by atoms with E-state index in [0.29, 0.717) is 22.3 Å². The average molecular weight is 276 g/mol. The van der Waals surface area contributed by atoms with E-state index < -0.39 is 0 Å². The van der Waals surface area contributed by atoms with Gasteiger partial charge in [0, 0.05) is 22.3 Å². The Balaban J connectivity index is 0.000000225. The van der Waals surface area contributed by atoms with Crippen molar-refractivity contribution in [3.05, 3.63) is 95.4 Å². The highest BCUT2D eigenvalue weighted by Gasteiger charge is 2.28. The van der Waals surface area contributed by atoms with Crippen molar-refractivity contribution in [2.24, 2.45) is 0 Å². The molecular formula is C18H12O3. The number of ketones is 2. The summed E-state index contributed by atoms with van der Waals surface area (Å²) in [5.41, 5.74) is 2.02. The molecule has 3 aromatic rings. The molecule has 0 N–H and O–H groups in total. The van der Waals surface area contributed by atoms with Gasteiger partial charge in [0.15, 0.2) is 11.6 Å². The Morgan fingerprint density at radius 3 is 1.10 bits per heavy atom. The summed E-state index contributed by atoms with van der Waals surface area (Å²) in [6.45, 7) is 0. The number of carbonyl (C=O) groups is 2. The third-order valence-corrected chi connectivity index (χ3v) is 3.26. The van der Waals surface area contributed by atoms with Crippen LogP contribution in [0.2, 0.25) is 0 Å². The molecule has 0 saturated heterocycles. The van der Waals surface area contributed by atoms with Crippen LogP contribution in [0.5, 0.6) is 0 Å². The third kappa shape index (κ3) is 2.41. The van der Waals surface area contributed by atoms with Crippen LogP contribution in [-0.2, 0) is 0 Å². The minimum Gasteiger partial charge on any atom is -0.473 e. The lowest BCUT2D eigenvalue weighted by Crippen LogP contribution is -2.20. The van der Waals surface area contributed by atoms with Crippen molar-refractivity contribution in [2.45, 2.75) is 0 Å². The van der Waals surface area contributed by atoms with E-state index in [4.69, 9.17) is 0 Å². The predicted molar refractivity (Wildman–Crippen MR) is 78.5 cm³/mol. The molecule has 4 rings (SSSR count). The highest BCUT2D eigenvalue weighted by atomic mass is 16.3. The van der Waals surface area contributed by atoms with Gasteiger partial charge in [0.25, 0.3) is 0 Å². The lowest BCUT2D eigenvalue weighted by molar-refractivity contribution is 0.0979. The number of benzene rings is 2. The summed E-state index contributed by atoms with van der Waals surface area (Å²) in [6.07, 6.45) is 3.25. The van der Waals surface area contributed by atoms with Crippen molar-refractivity contribution < 1.29 is 14.0 Å². The van der Waals surface area contributed by atoms with Crippen LogP contribution in [0.25, 0.3) is 0 Å². The molecular weight excluding hydrogens is 264 g/mol. The van der Waals surface area contributed by atoms with E-state index in [9.17, 15) is 9.59 Å². The number of hydrogen-bond acceptors (Lipinski definition) is 3. The Labute approximate surface area is 121 Å². The van der Waals surface area contributed by atoms with Gasteiger partial charge in [-0.2, -0.15) is 0 Å². The molecule has 1 aliphatic carbocycles. The maximum atomic E-state index is 12.1. The summed E-state index contributed by atoms with van der Waals surface area (Å²) in [7, 11) is 0. The second-order valence-electron chi connectivity index (χ2n) is 4.54. The Bertz CT molecular complexity index is 663. The van der Waals surface area contributed by atoms with Crippen molar-refractivity contribution >= 4 is 11.6 Å². The summed E-state index contributed by atoms with van der Waals surface area (Å²) in [6, 6.07) is 17.6. The maximum Gasteiger partial charge on any atom is 0.194 e. The quantitative estimate of drug-likeness (QED) is 0.491. The van der Waals surface area contributed by atoms with Crippen LogP contribution in [0.1, 0.15) is 31.8 Å². The van der Waals surface area contributed by atoms with E-state index in [0.717, 1.165) is 0 Å². The first-order valence-electron chi connectivity index (χ1n) is 6.53. The Hall–Kier alpha value is -2.94. The average Bonchev–Trinajstić information content (AvgIpc) is 3.12. The van der Waals surface area contributed by atoms with E-state index in [2.05, 4.69) is 4.42 Å². The molecule has 1 aliphatic rings. The van der Waals surface area contributed by atoms with E-state index in [-0.39, 0.29) is 11.6 Å². The van der Waals surface area contributed by atoms with Gasteiger partial charge in [-0.3, -0.25) is 9.59 Å². The zero-order chi connectivity index (χ0) is 14.7. The fraction of sp³-hybridized carbons (Fsp3) is 0. The number of carbonyl (C=O) groups excluding carboxylic acids is 2. The molecule has 0 fully saturated rings. The molecule has 3 heteroatoms. The first kappa shape index (κ1) is 13.1. The Kier molecular flexibility index (Phi) is 3.48. The second kappa shape index (κ2) is 5.59. The normalized spacial score (nSPS) is 12.0. The van der Waals surface area contributed by atoms with Gasteiger partial charge in [0.2, 0.25) is 0 Å². The van der Waals surface area contributed by atoms with Crippen LogP contribution in [0.3, 0.4) is 0 Å². The minimum atomic E-state index is -0.0641. The van der Waals surface area contributed by atoms with E-state index >= 15 is 0 Å². The van der Waals surface area contributed by atoms with Gasteiger partial charge in [-0.1, -0.05) is 48.5 Å². The standard InChI is InChI=1S/C14H8O2.C4H4O/c15-13-9-5-1-2-6-10(9)14(16)12-8-4-3-7-11(12)13;1-2-4-5-3-1/h1-8H;1-4H. The lowest BCUT2D eigenvalue weighted by Gasteiger charge is -2.16. The van der Waals surface area contributed by atoms with Gasteiger partial charge in [0.1, 0.15) is 0 Å². The highest BCUT2D eigenvalue weighted by molar-refractivity contribution is 6.28. The molecule has 0 bridgehead atoms. The smallest absolute Gasteiger partial charge is 0.194 e. The first-order valence-corrected chi connectivity index (χ1v) is 6.53. The summed E-state index contributed by atoms with van der Waals surface area (Å²) < 4.78 is 4.58. The minimum absolute atomic E-state index is 0.0641. The Morgan fingerprint density at radius 2 is 0.857 bits per heavy atom. The molecule has 102 valence electrons. The molecule has 3 nitrogen and oxygen atoms in total. The summed E-state index contributed by atoms with van der Waals surface area (Å²) in [5, 5.41) is 0. The Morgan fingerprint density at radius 1 is 0.524 bits per heavy atom. The molecule has 0 amide bonds. The third-order valence-electron chi connectivity index (χ3n) is 3.26. The molecule has 0 radical (unpaired) electrons. The van der Waals surface area contributed by atoms with Gasteiger partial charge in [-0.05, 0) is 12.1 Å². The number of furan rings is 1. The summed E-state index contributed by atoms with van der Waals surface area (Å²) in [4.78, 5) is 24.2. The van der Waals surface area contributed by atoms with Gasteiger partial charge in [0.05, 0.1) is 12.5 Å². The van der Waals surface area contributed by atoms with Crippen molar-refractivity contribution in [3.8, 4) is 0 Å². The molecule has 0 atom stereocenters. The largest absolute Gasteiger partial charge is 0.473 e. The number of hydrogen-bond donors (Lipinski definition) is 0. The summed E-state index contributed by atoms with van der Waals surface area (Å²) in [5.74, 6) is -0.128. The van der Waals surface area contributed by atoms with Crippen LogP contribution in [0.4, 0.5) is 0 Å². The number of fused-ring (bicyclic) bond motifs is 2. The molecule has 0 unspecified atom stereocenters. The lowest BCUT2D eigenvalue weighted by atomic mass is 9.84. The fourth-order valence-corrected chi connectivity index (χ4v) is 2.28. The molecule has 1 heterocycles. The predicted octanol–water partition coefficient (Wildman–Crippen LogP) is 3.74. The van der Waals surface area contributed by atoms with Crippen LogP contribution in [0, 0.1) is 0 Å². The van der Waals surface area contributed by atoms with Crippen LogP contribution < -0.4 is 0 Å². The monoisotopic (exact) mass is 276 g/mol. The molecule has 0 saturated carbocycles. The van der Waals surface area contributed by atoms with Crippen LogP contribution >= 0.6 is 0 Å². The van der Waals surface area contributed by atoms with E-state index in [1.165, 1.54) is 0 Å². The highest BCUT2D eigenvalue weighted by Crippen LogP contribution is 2.26. The molecule has 1 aromatic heterocycles. The summed E-state index contributed by atoms with van der Waals surface area (Å²) >= 11 is 0. The maximum absolute atomic E-state index is 12.1. The SMILES string of the molecule is O=C1c2ccccc2C(=O)c2ccccc21.c1ccoc1. The van der Waals surface area contributed by atoms with Crippen LogP contribution in [0.15, 0.2) is 77.6 Å². The van der Waals surface area contributed by atoms with Gasteiger partial charge in [-0.25, -0.2) is 0 Å². The molecule has 0 aliphatic heterocycles. The van der Waals surface area contributed by atoms with Crippen molar-refractivity contribution in [3.63, 3.8) is 0 Å². The van der Waals surface area contributed by atoms with Crippen molar-refractivity contribution in [1.82, 2.24) is 0 Å². The van der Waals surface area contributed by atoms with Gasteiger partial charge in [-0.15, -0.1) is 0 Å². The second-order valence-corrected chi connectivity index (χ2v) is 4.54. The van der Waals surface area contributed by atoms with E-state index in [1.807, 2.05) is 12.1 Å². The number of rotatable bonds is 0. The first-order chi connectivity index (χ1) is 10.3. The zero-order valence-electron chi connectivity index (χ0n) is 11.2. The molecule has 0 spiro atoms. The zero-order valence-corrected chi connectivity index (χ0v) is 11.2. The van der Waals surface area contributed by atoms with Crippen molar-refractivity contribution in [2.75, 3.05) is 0 Å². The molecule has 21 heavy (non-hydrogen) atoms. The van der Waals surface area contributed by atoms with Gasteiger partial charge >= 0.3 is 0 Å². The topological polar surface area (TPSA) is 47.3 Å². The molecule has 2 aromatic carbocycles. The van der Waals surface area contributed by atoms with E-state index in [1.54, 1.807) is 61.1 Å². The van der Waals surface area contributed by atoms with Crippen molar-refractivity contribution in [1.29, 1.82) is 0 Å². The van der Waals surface area contributed by atoms with Crippen LogP contribution in [-0.4, -0.2) is 11.6 Å². The van der Waals surface area contributed by atoms with Gasteiger partial charge < -0.3 is 4.42 Å². The fourth-order valence-electron chi connectivity index (χ4n) is 2.28.